The quantitative estimate of drug-likeness (QED) is 0.347. The molecular weight excluding hydrogens is 472 g/mol. The van der Waals surface area contributed by atoms with E-state index in [-0.39, 0.29) is 10.6 Å². The van der Waals surface area contributed by atoms with Crippen LogP contribution in [-0.2, 0) is 14.8 Å². The summed E-state index contributed by atoms with van der Waals surface area (Å²) in [6, 6.07) is 31.9. The number of hydrogen-bond acceptors (Lipinski definition) is 4. The Morgan fingerprint density at radius 2 is 1.36 bits per heavy atom. The number of methoxy groups -OCH3 is 1. The molecule has 1 atom stereocenters. The van der Waals surface area contributed by atoms with Gasteiger partial charge in [-0.1, -0.05) is 90.5 Å². The normalized spacial score (nSPS) is 11.9. The second-order valence-electron chi connectivity index (χ2n) is 8.32. The smallest absolute Gasteiger partial charge is 0.264 e. The average Bonchev–Trinajstić information content (AvgIpc) is 2.92. The summed E-state index contributed by atoms with van der Waals surface area (Å²) in [5.74, 6) is -0.0993. The predicted molar refractivity (Wildman–Crippen MR) is 142 cm³/mol. The highest BCUT2D eigenvalue weighted by atomic mass is 32.2. The molecule has 0 aliphatic rings. The van der Waals surface area contributed by atoms with Gasteiger partial charge in [0.2, 0.25) is 5.91 Å². The summed E-state index contributed by atoms with van der Waals surface area (Å²) in [5, 5.41) is 3.04. The molecule has 184 valence electrons. The van der Waals surface area contributed by atoms with E-state index in [2.05, 4.69) is 5.32 Å². The van der Waals surface area contributed by atoms with Crippen molar-refractivity contribution in [3.05, 3.63) is 126 Å². The average molecular weight is 501 g/mol. The number of amides is 1. The van der Waals surface area contributed by atoms with Gasteiger partial charge >= 0.3 is 0 Å². The maximum atomic E-state index is 13.7. The van der Waals surface area contributed by atoms with Crippen LogP contribution in [0, 0.1) is 6.92 Å². The van der Waals surface area contributed by atoms with Crippen LogP contribution in [-0.4, -0.2) is 28.0 Å². The molecule has 0 saturated carbocycles. The maximum absolute atomic E-state index is 13.7. The zero-order chi connectivity index (χ0) is 25.5. The highest BCUT2D eigenvalue weighted by Crippen LogP contribution is 2.32. The molecule has 4 aromatic carbocycles. The van der Waals surface area contributed by atoms with Crippen LogP contribution in [0.1, 0.15) is 22.7 Å². The van der Waals surface area contributed by atoms with E-state index in [9.17, 15) is 13.2 Å². The molecule has 0 fully saturated rings. The van der Waals surface area contributed by atoms with E-state index in [0.29, 0.717) is 5.75 Å². The molecule has 0 bridgehead atoms. The number of para-hydroxylation sites is 2. The second-order valence-corrected chi connectivity index (χ2v) is 10.2. The number of anilines is 1. The summed E-state index contributed by atoms with van der Waals surface area (Å²) in [4.78, 5) is 13.6. The molecule has 0 aliphatic heterocycles. The number of nitrogens with zero attached hydrogens (tertiary/aromatic N) is 1. The molecule has 0 radical (unpaired) electrons. The van der Waals surface area contributed by atoms with Crippen molar-refractivity contribution in [2.45, 2.75) is 17.9 Å². The number of benzene rings is 4. The number of ether oxygens (including phenoxy) is 1. The molecule has 1 amide bonds. The van der Waals surface area contributed by atoms with E-state index < -0.39 is 28.5 Å². The summed E-state index contributed by atoms with van der Waals surface area (Å²) in [5.41, 5.74) is 3.18. The van der Waals surface area contributed by atoms with Gasteiger partial charge in [-0.25, -0.2) is 8.42 Å². The standard InChI is InChI=1S/C29H28N2O4S/c1-22-17-19-24(20-18-22)29(23-11-5-3-6-12-23)30-28(32)21-31(26-15-9-10-16-27(26)35-2)36(33,34)25-13-7-4-8-14-25/h3-20,29H,21H2,1-2H3,(H,30,32)/t29-/m1/s1. The number of rotatable bonds is 9. The zero-order valence-electron chi connectivity index (χ0n) is 20.2. The lowest BCUT2D eigenvalue weighted by Gasteiger charge is -2.27. The number of sulfonamides is 1. The number of nitrogens with one attached hydrogen (secondary N) is 1. The van der Waals surface area contributed by atoms with Gasteiger partial charge in [-0.3, -0.25) is 9.10 Å². The molecule has 0 aliphatic carbocycles. The number of carbonyl (C=O) groups excluding carboxylic acids is 1. The van der Waals surface area contributed by atoms with Crippen molar-refractivity contribution < 1.29 is 17.9 Å². The molecular formula is C29H28N2O4S. The van der Waals surface area contributed by atoms with Gasteiger partial charge in [0, 0.05) is 0 Å². The van der Waals surface area contributed by atoms with Crippen molar-refractivity contribution >= 4 is 21.6 Å². The topological polar surface area (TPSA) is 75.7 Å². The minimum absolute atomic E-state index is 0.0850. The summed E-state index contributed by atoms with van der Waals surface area (Å²) in [6.45, 7) is 1.58. The third kappa shape index (κ3) is 5.58. The first kappa shape index (κ1) is 25.0. The van der Waals surface area contributed by atoms with Crippen LogP contribution in [0.4, 0.5) is 5.69 Å². The Balaban J connectivity index is 1.71. The lowest BCUT2D eigenvalue weighted by molar-refractivity contribution is -0.120. The van der Waals surface area contributed by atoms with Gasteiger partial charge < -0.3 is 10.1 Å². The molecule has 0 aromatic heterocycles. The summed E-state index contributed by atoms with van der Waals surface area (Å²) in [6.07, 6.45) is 0. The minimum Gasteiger partial charge on any atom is -0.495 e. The van der Waals surface area contributed by atoms with Crippen molar-refractivity contribution in [2.75, 3.05) is 18.0 Å². The Morgan fingerprint density at radius 3 is 2.00 bits per heavy atom. The van der Waals surface area contributed by atoms with E-state index in [1.807, 2.05) is 61.5 Å². The van der Waals surface area contributed by atoms with Crippen LogP contribution in [0.25, 0.3) is 0 Å². The van der Waals surface area contributed by atoms with Crippen molar-refractivity contribution in [3.63, 3.8) is 0 Å². The Kier molecular flexibility index (Phi) is 7.71. The summed E-state index contributed by atoms with van der Waals surface area (Å²) < 4.78 is 33.9. The Morgan fingerprint density at radius 1 is 0.806 bits per heavy atom. The first-order valence-electron chi connectivity index (χ1n) is 11.5. The highest BCUT2D eigenvalue weighted by molar-refractivity contribution is 7.92. The summed E-state index contributed by atoms with van der Waals surface area (Å²) in [7, 11) is -2.59. The lowest BCUT2D eigenvalue weighted by Crippen LogP contribution is -2.42. The minimum atomic E-state index is -4.06. The fraction of sp³-hybridized carbons (Fsp3) is 0.138. The van der Waals surface area contributed by atoms with Crippen LogP contribution in [0.5, 0.6) is 5.75 Å². The molecule has 4 rings (SSSR count). The van der Waals surface area contributed by atoms with Gasteiger partial charge in [0.05, 0.1) is 23.7 Å². The lowest BCUT2D eigenvalue weighted by atomic mass is 9.98. The van der Waals surface area contributed by atoms with E-state index >= 15 is 0 Å². The van der Waals surface area contributed by atoms with Gasteiger partial charge in [-0.05, 0) is 42.3 Å². The number of carbonyl (C=O) groups is 1. The van der Waals surface area contributed by atoms with Crippen LogP contribution in [0.2, 0.25) is 0 Å². The van der Waals surface area contributed by atoms with Crippen molar-refractivity contribution in [2.24, 2.45) is 0 Å². The van der Waals surface area contributed by atoms with Gasteiger partial charge in [0.15, 0.2) is 0 Å². The van der Waals surface area contributed by atoms with Crippen LogP contribution in [0.15, 0.2) is 114 Å². The fourth-order valence-electron chi connectivity index (χ4n) is 3.96. The predicted octanol–water partition coefficient (Wildman–Crippen LogP) is 5.10. The highest BCUT2D eigenvalue weighted by Gasteiger charge is 2.30. The van der Waals surface area contributed by atoms with Crippen LogP contribution >= 0.6 is 0 Å². The van der Waals surface area contributed by atoms with Gasteiger partial charge in [-0.15, -0.1) is 0 Å². The summed E-state index contributed by atoms with van der Waals surface area (Å²) >= 11 is 0. The molecule has 1 N–H and O–H groups in total. The first-order chi connectivity index (χ1) is 17.4. The largest absolute Gasteiger partial charge is 0.495 e. The molecule has 6 nitrogen and oxygen atoms in total. The third-order valence-electron chi connectivity index (χ3n) is 5.82. The van der Waals surface area contributed by atoms with E-state index in [0.717, 1.165) is 21.0 Å². The van der Waals surface area contributed by atoms with Gasteiger partial charge in [0.25, 0.3) is 10.0 Å². The van der Waals surface area contributed by atoms with Crippen LogP contribution < -0.4 is 14.4 Å². The molecule has 36 heavy (non-hydrogen) atoms. The van der Waals surface area contributed by atoms with E-state index in [1.54, 1.807) is 42.5 Å². The van der Waals surface area contributed by atoms with Gasteiger partial charge in [-0.2, -0.15) is 0 Å². The Bertz CT molecular complexity index is 1410. The number of aryl methyl sites for hydroxylation is 1. The second kappa shape index (κ2) is 11.1. The molecule has 0 unspecified atom stereocenters. The van der Waals surface area contributed by atoms with Crippen molar-refractivity contribution in [1.82, 2.24) is 5.32 Å². The molecule has 4 aromatic rings. The molecule has 0 spiro atoms. The Hall–Kier alpha value is -4.10. The zero-order valence-corrected chi connectivity index (χ0v) is 21.0. The fourth-order valence-corrected chi connectivity index (χ4v) is 5.41. The van der Waals surface area contributed by atoms with Crippen molar-refractivity contribution in [1.29, 1.82) is 0 Å². The van der Waals surface area contributed by atoms with Crippen molar-refractivity contribution in [3.8, 4) is 5.75 Å². The Labute approximate surface area is 212 Å². The molecule has 7 heteroatoms. The number of hydrogen-bond donors (Lipinski definition) is 1. The van der Waals surface area contributed by atoms with Gasteiger partial charge in [0.1, 0.15) is 12.3 Å². The maximum Gasteiger partial charge on any atom is 0.264 e. The SMILES string of the molecule is COc1ccccc1N(CC(=O)N[C@H](c1ccccc1)c1ccc(C)cc1)S(=O)(=O)c1ccccc1. The first-order valence-corrected chi connectivity index (χ1v) is 13.0. The molecule has 0 heterocycles. The monoisotopic (exact) mass is 500 g/mol. The molecule has 0 saturated heterocycles. The van der Waals surface area contributed by atoms with Crippen LogP contribution in [0.3, 0.4) is 0 Å². The van der Waals surface area contributed by atoms with E-state index in [1.165, 1.54) is 19.2 Å². The third-order valence-corrected chi connectivity index (χ3v) is 7.60. The van der Waals surface area contributed by atoms with E-state index in [4.69, 9.17) is 4.74 Å².